The van der Waals surface area contributed by atoms with Gasteiger partial charge in [0.15, 0.2) is 0 Å². The maximum absolute atomic E-state index is 11.4. The molecule has 0 unspecified atom stereocenters. The molecule has 0 saturated carbocycles. The highest BCUT2D eigenvalue weighted by molar-refractivity contribution is 7.88. The van der Waals surface area contributed by atoms with Crippen molar-refractivity contribution in [2.75, 3.05) is 43.1 Å². The second kappa shape index (κ2) is 5.25. The summed E-state index contributed by atoms with van der Waals surface area (Å²) >= 11 is 0. The van der Waals surface area contributed by atoms with E-state index in [0.717, 1.165) is 6.26 Å². The maximum atomic E-state index is 11.4. The zero-order chi connectivity index (χ0) is 14.9. The lowest BCUT2D eigenvalue weighted by molar-refractivity contribution is 0.0697. The van der Waals surface area contributed by atoms with Gasteiger partial charge in [-0.2, -0.15) is 4.31 Å². The molecule has 0 spiro atoms. The Morgan fingerprint density at radius 1 is 1.35 bits per heavy atom. The van der Waals surface area contributed by atoms with E-state index in [9.17, 15) is 18.3 Å². The number of nitrogens with two attached hydrogens (primary N) is 1. The minimum atomic E-state index is -3.21. The molecule has 1 aliphatic heterocycles. The summed E-state index contributed by atoms with van der Waals surface area (Å²) in [4.78, 5) is 17.0. The number of hydrogen-bond donors (Lipinski definition) is 2. The maximum Gasteiger partial charge on any atom is 0.339 e. The van der Waals surface area contributed by atoms with E-state index < -0.39 is 16.0 Å². The number of aromatic nitrogens is 1. The van der Waals surface area contributed by atoms with Gasteiger partial charge in [-0.25, -0.2) is 18.2 Å². The molecular formula is C11H16N4O4S. The molecule has 1 saturated heterocycles. The third kappa shape index (κ3) is 2.99. The number of nitrogen functional groups attached to an aromatic ring is 1. The highest BCUT2D eigenvalue weighted by Crippen LogP contribution is 2.21. The highest BCUT2D eigenvalue weighted by Gasteiger charge is 2.26. The molecule has 3 N–H and O–H groups in total. The summed E-state index contributed by atoms with van der Waals surface area (Å²) in [5.41, 5.74) is 5.85. The van der Waals surface area contributed by atoms with Crippen LogP contribution in [0.3, 0.4) is 0 Å². The average Bonchev–Trinajstić information content (AvgIpc) is 2.37. The topological polar surface area (TPSA) is 117 Å². The van der Waals surface area contributed by atoms with Crippen molar-refractivity contribution < 1.29 is 18.3 Å². The minimum Gasteiger partial charge on any atom is -0.478 e. The number of carboxylic acids is 1. The summed E-state index contributed by atoms with van der Waals surface area (Å²) in [6.45, 7) is 1.41. The van der Waals surface area contributed by atoms with E-state index in [1.165, 1.54) is 16.6 Å². The molecule has 1 aliphatic rings. The Kier molecular flexibility index (Phi) is 3.82. The van der Waals surface area contributed by atoms with Crippen molar-refractivity contribution in [1.82, 2.24) is 9.29 Å². The molecule has 0 atom stereocenters. The summed E-state index contributed by atoms with van der Waals surface area (Å²) < 4.78 is 24.2. The number of nitrogens with zero attached hydrogens (tertiary/aromatic N) is 3. The van der Waals surface area contributed by atoms with Crippen LogP contribution >= 0.6 is 0 Å². The fourth-order valence-corrected chi connectivity index (χ4v) is 2.94. The molecule has 20 heavy (non-hydrogen) atoms. The molecule has 1 aromatic heterocycles. The number of carboxylic acid groups (broad SMARTS) is 1. The lowest BCUT2D eigenvalue weighted by Crippen LogP contribution is -2.49. The Bertz CT molecular complexity index is 623. The lowest BCUT2D eigenvalue weighted by Gasteiger charge is -2.34. The second-order valence-corrected chi connectivity index (χ2v) is 6.58. The molecule has 1 aromatic rings. The standard InChI is InChI=1S/C11H16N4O4S/c1-20(18,19)15-4-2-14(3-5-15)10-9(11(16)17)6-8(12)7-13-10/h6-7H,2-5,12H2,1H3,(H,16,17). The van der Waals surface area contributed by atoms with Gasteiger partial charge in [-0.1, -0.05) is 0 Å². The van der Waals surface area contributed by atoms with E-state index in [4.69, 9.17) is 5.73 Å². The van der Waals surface area contributed by atoms with Gasteiger partial charge in [0.25, 0.3) is 0 Å². The van der Waals surface area contributed by atoms with Gasteiger partial charge in [-0.05, 0) is 6.07 Å². The third-order valence-corrected chi connectivity index (χ3v) is 4.43. The molecule has 2 heterocycles. The van der Waals surface area contributed by atoms with Gasteiger partial charge < -0.3 is 15.7 Å². The fourth-order valence-electron chi connectivity index (χ4n) is 2.11. The van der Waals surface area contributed by atoms with Gasteiger partial charge in [0.05, 0.1) is 18.1 Å². The Hall–Kier alpha value is -1.87. The third-order valence-electron chi connectivity index (χ3n) is 3.13. The number of rotatable bonds is 3. The first-order valence-corrected chi connectivity index (χ1v) is 7.83. The zero-order valence-electron chi connectivity index (χ0n) is 11.0. The van der Waals surface area contributed by atoms with Crippen LogP contribution in [0.15, 0.2) is 12.3 Å². The zero-order valence-corrected chi connectivity index (χ0v) is 11.8. The smallest absolute Gasteiger partial charge is 0.339 e. The Morgan fingerprint density at radius 2 is 1.95 bits per heavy atom. The summed E-state index contributed by atoms with van der Waals surface area (Å²) in [5, 5.41) is 9.17. The molecular weight excluding hydrogens is 284 g/mol. The summed E-state index contributed by atoms with van der Waals surface area (Å²) in [5.74, 6) is -0.787. The first-order valence-electron chi connectivity index (χ1n) is 5.98. The van der Waals surface area contributed by atoms with Gasteiger partial charge in [0, 0.05) is 26.2 Å². The predicted molar refractivity (Wildman–Crippen MR) is 74.2 cm³/mol. The largest absolute Gasteiger partial charge is 0.478 e. The molecule has 0 aromatic carbocycles. The van der Waals surface area contributed by atoms with Crippen molar-refractivity contribution in [3.8, 4) is 0 Å². The summed E-state index contributed by atoms with van der Waals surface area (Å²) in [6.07, 6.45) is 2.55. The average molecular weight is 300 g/mol. The lowest BCUT2D eigenvalue weighted by atomic mass is 10.2. The van der Waals surface area contributed by atoms with Crippen LogP contribution in [0, 0.1) is 0 Å². The van der Waals surface area contributed by atoms with Crippen molar-refractivity contribution in [2.24, 2.45) is 0 Å². The first-order chi connectivity index (χ1) is 9.29. The van der Waals surface area contributed by atoms with E-state index in [1.54, 1.807) is 4.90 Å². The summed E-state index contributed by atoms with van der Waals surface area (Å²) in [7, 11) is -3.21. The number of hydrogen-bond acceptors (Lipinski definition) is 6. The number of pyridine rings is 1. The van der Waals surface area contributed by atoms with E-state index in [1.807, 2.05) is 0 Å². The summed E-state index contributed by atoms with van der Waals surface area (Å²) in [6, 6.07) is 1.35. The molecule has 9 heteroatoms. The van der Waals surface area contributed by atoms with E-state index >= 15 is 0 Å². The van der Waals surface area contributed by atoms with Gasteiger partial charge in [0.1, 0.15) is 11.4 Å². The van der Waals surface area contributed by atoms with Crippen LogP contribution in [0.4, 0.5) is 11.5 Å². The number of sulfonamides is 1. The number of anilines is 2. The van der Waals surface area contributed by atoms with E-state index in [2.05, 4.69) is 4.98 Å². The molecule has 0 radical (unpaired) electrons. The fraction of sp³-hybridized carbons (Fsp3) is 0.455. The van der Waals surface area contributed by atoms with Gasteiger partial charge in [-0.3, -0.25) is 0 Å². The highest BCUT2D eigenvalue weighted by atomic mass is 32.2. The van der Waals surface area contributed by atoms with Crippen molar-refractivity contribution in [1.29, 1.82) is 0 Å². The predicted octanol–water partition coefficient (Wildman–Crippen LogP) is -0.556. The van der Waals surface area contributed by atoms with Crippen LogP contribution in [0.1, 0.15) is 10.4 Å². The van der Waals surface area contributed by atoms with Crippen LogP contribution in [0.5, 0.6) is 0 Å². The van der Waals surface area contributed by atoms with Crippen molar-refractivity contribution in [3.63, 3.8) is 0 Å². The molecule has 2 rings (SSSR count). The van der Waals surface area contributed by atoms with Crippen LogP contribution < -0.4 is 10.6 Å². The van der Waals surface area contributed by atoms with Crippen molar-refractivity contribution >= 4 is 27.5 Å². The number of aromatic carboxylic acids is 1. The SMILES string of the molecule is CS(=O)(=O)N1CCN(c2ncc(N)cc2C(=O)O)CC1. The monoisotopic (exact) mass is 300 g/mol. The Balaban J connectivity index is 2.21. The van der Waals surface area contributed by atoms with Gasteiger partial charge in [-0.15, -0.1) is 0 Å². The van der Waals surface area contributed by atoms with Gasteiger partial charge >= 0.3 is 5.97 Å². The van der Waals surface area contributed by atoms with E-state index in [-0.39, 0.29) is 11.3 Å². The molecule has 1 fully saturated rings. The molecule has 8 nitrogen and oxygen atoms in total. The number of piperazine rings is 1. The second-order valence-electron chi connectivity index (χ2n) is 4.59. The van der Waals surface area contributed by atoms with Crippen molar-refractivity contribution in [2.45, 2.75) is 0 Å². The number of carbonyl (C=O) groups is 1. The molecule has 110 valence electrons. The van der Waals surface area contributed by atoms with Crippen LogP contribution in [0.25, 0.3) is 0 Å². The molecule has 0 amide bonds. The normalized spacial score (nSPS) is 17.1. The Labute approximate surface area is 116 Å². The molecule has 0 aliphatic carbocycles. The van der Waals surface area contributed by atoms with Crippen LogP contribution in [-0.2, 0) is 10.0 Å². The van der Waals surface area contributed by atoms with Gasteiger partial charge in [0.2, 0.25) is 10.0 Å². The van der Waals surface area contributed by atoms with Crippen molar-refractivity contribution in [3.05, 3.63) is 17.8 Å². The van der Waals surface area contributed by atoms with Crippen LogP contribution in [-0.4, -0.2) is 61.2 Å². The minimum absolute atomic E-state index is 0.0257. The Morgan fingerprint density at radius 3 is 2.45 bits per heavy atom. The quantitative estimate of drug-likeness (QED) is 0.768. The first kappa shape index (κ1) is 14.5. The van der Waals surface area contributed by atoms with E-state index in [0.29, 0.717) is 32.0 Å². The van der Waals surface area contributed by atoms with Crippen LogP contribution in [0.2, 0.25) is 0 Å². The molecule has 0 bridgehead atoms.